The second-order valence-electron chi connectivity index (χ2n) is 2.50. The zero-order valence-electron chi connectivity index (χ0n) is 6.83. The molecular formula is C10H13P. The van der Waals surface area contributed by atoms with Crippen LogP contribution in [-0.4, -0.2) is 12.8 Å². The van der Waals surface area contributed by atoms with Crippen LogP contribution in [0.15, 0.2) is 43.0 Å². The number of rotatable bonds is 3. The van der Waals surface area contributed by atoms with Gasteiger partial charge in [-0.15, -0.1) is 6.58 Å². The van der Waals surface area contributed by atoms with Gasteiger partial charge in [0, 0.05) is 0 Å². The Labute approximate surface area is 69.7 Å². The lowest BCUT2D eigenvalue weighted by Crippen LogP contribution is -1.99. The van der Waals surface area contributed by atoms with Gasteiger partial charge in [0.1, 0.15) is 0 Å². The lowest BCUT2D eigenvalue weighted by atomic mass is 10.4. The first kappa shape index (κ1) is 8.49. The quantitative estimate of drug-likeness (QED) is 0.476. The standard InChI is InChI=1S/C10H13P/c1-3-9-11(2)10-7-5-4-6-8-10/h3-8H,1,9H2,2H3. The van der Waals surface area contributed by atoms with E-state index >= 15 is 0 Å². The van der Waals surface area contributed by atoms with E-state index in [2.05, 4.69) is 43.6 Å². The third-order valence-electron chi connectivity index (χ3n) is 1.60. The molecule has 1 atom stereocenters. The van der Waals surface area contributed by atoms with E-state index in [4.69, 9.17) is 0 Å². The highest BCUT2D eigenvalue weighted by atomic mass is 31.1. The van der Waals surface area contributed by atoms with Crippen molar-refractivity contribution in [3.05, 3.63) is 43.0 Å². The van der Waals surface area contributed by atoms with Crippen molar-refractivity contribution in [1.82, 2.24) is 0 Å². The van der Waals surface area contributed by atoms with Gasteiger partial charge in [0.25, 0.3) is 0 Å². The van der Waals surface area contributed by atoms with E-state index in [1.165, 1.54) is 5.30 Å². The molecule has 0 heterocycles. The summed E-state index contributed by atoms with van der Waals surface area (Å²) in [6.07, 6.45) is 3.12. The van der Waals surface area contributed by atoms with Crippen molar-refractivity contribution in [2.45, 2.75) is 0 Å². The van der Waals surface area contributed by atoms with Gasteiger partial charge in [-0.25, -0.2) is 0 Å². The first-order valence-electron chi connectivity index (χ1n) is 3.71. The fourth-order valence-corrected chi connectivity index (χ4v) is 2.26. The Morgan fingerprint density at radius 2 is 2.00 bits per heavy atom. The third kappa shape index (κ3) is 2.48. The van der Waals surface area contributed by atoms with Crippen molar-refractivity contribution < 1.29 is 0 Å². The summed E-state index contributed by atoms with van der Waals surface area (Å²) in [5.74, 6) is 0. The molecule has 1 unspecified atom stereocenters. The highest BCUT2D eigenvalue weighted by Crippen LogP contribution is 2.28. The molecule has 0 saturated heterocycles. The van der Waals surface area contributed by atoms with Crippen molar-refractivity contribution in [3.8, 4) is 0 Å². The average molecular weight is 164 g/mol. The molecule has 1 aromatic carbocycles. The zero-order chi connectivity index (χ0) is 8.10. The molecule has 0 fully saturated rings. The first-order chi connectivity index (χ1) is 5.34. The summed E-state index contributed by atoms with van der Waals surface area (Å²) in [7, 11) is 0.00617. The van der Waals surface area contributed by atoms with E-state index in [9.17, 15) is 0 Å². The van der Waals surface area contributed by atoms with Crippen LogP contribution in [0, 0.1) is 0 Å². The van der Waals surface area contributed by atoms with Gasteiger partial charge in [0.15, 0.2) is 0 Å². The summed E-state index contributed by atoms with van der Waals surface area (Å²) >= 11 is 0. The normalized spacial score (nSPS) is 12.5. The Kier molecular flexibility index (Phi) is 3.32. The fourth-order valence-electron chi connectivity index (χ4n) is 0.982. The Balaban J connectivity index is 2.68. The highest BCUT2D eigenvalue weighted by Gasteiger charge is 1.99. The van der Waals surface area contributed by atoms with Crippen LogP contribution in [0.5, 0.6) is 0 Å². The van der Waals surface area contributed by atoms with Crippen LogP contribution in [0.2, 0.25) is 0 Å². The van der Waals surface area contributed by atoms with Crippen molar-refractivity contribution in [2.24, 2.45) is 0 Å². The summed E-state index contributed by atoms with van der Waals surface area (Å²) in [5.41, 5.74) is 0. The van der Waals surface area contributed by atoms with Crippen LogP contribution in [0.3, 0.4) is 0 Å². The Morgan fingerprint density at radius 3 is 2.55 bits per heavy atom. The molecule has 1 rings (SSSR count). The summed E-state index contributed by atoms with van der Waals surface area (Å²) in [5, 5.41) is 1.46. The molecule has 0 bridgehead atoms. The first-order valence-corrected chi connectivity index (χ1v) is 5.69. The minimum Gasteiger partial charge on any atom is -0.103 e. The van der Waals surface area contributed by atoms with Crippen molar-refractivity contribution in [2.75, 3.05) is 12.8 Å². The SMILES string of the molecule is C=CCP(C)c1ccccc1. The summed E-state index contributed by atoms with van der Waals surface area (Å²) < 4.78 is 0. The maximum Gasteiger partial charge on any atom is -0.0110 e. The molecule has 0 spiro atoms. The Morgan fingerprint density at radius 1 is 1.36 bits per heavy atom. The highest BCUT2D eigenvalue weighted by molar-refractivity contribution is 7.65. The van der Waals surface area contributed by atoms with Gasteiger partial charge in [0.05, 0.1) is 0 Å². The van der Waals surface area contributed by atoms with Gasteiger partial charge in [-0.1, -0.05) is 44.3 Å². The van der Waals surface area contributed by atoms with Gasteiger partial charge in [0.2, 0.25) is 0 Å². The molecule has 0 N–H and O–H groups in total. The maximum atomic E-state index is 3.74. The summed E-state index contributed by atoms with van der Waals surface area (Å²) in [6, 6.07) is 10.6. The molecule has 1 aromatic rings. The van der Waals surface area contributed by atoms with Crippen LogP contribution in [0.25, 0.3) is 0 Å². The van der Waals surface area contributed by atoms with E-state index in [0.717, 1.165) is 6.16 Å². The molecule has 1 heteroatoms. The molecular weight excluding hydrogens is 151 g/mol. The van der Waals surface area contributed by atoms with Crippen molar-refractivity contribution in [1.29, 1.82) is 0 Å². The molecule has 0 nitrogen and oxygen atoms in total. The minimum atomic E-state index is 0.00617. The van der Waals surface area contributed by atoms with E-state index in [1.54, 1.807) is 0 Å². The molecule has 0 aliphatic carbocycles. The molecule has 0 amide bonds. The Bertz CT molecular complexity index is 216. The second kappa shape index (κ2) is 4.31. The molecule has 0 aromatic heterocycles. The van der Waals surface area contributed by atoms with E-state index in [1.807, 2.05) is 6.08 Å². The summed E-state index contributed by atoms with van der Waals surface area (Å²) in [6.45, 7) is 6.03. The van der Waals surface area contributed by atoms with Gasteiger partial charge < -0.3 is 0 Å². The molecule has 11 heavy (non-hydrogen) atoms. The topological polar surface area (TPSA) is 0 Å². The monoisotopic (exact) mass is 164 g/mol. The second-order valence-corrected chi connectivity index (χ2v) is 4.78. The number of allylic oxidation sites excluding steroid dienone is 1. The average Bonchev–Trinajstić information content (AvgIpc) is 2.07. The van der Waals surface area contributed by atoms with Crippen LogP contribution < -0.4 is 5.30 Å². The fraction of sp³-hybridized carbons (Fsp3) is 0.200. The van der Waals surface area contributed by atoms with Gasteiger partial charge >= 0.3 is 0 Å². The van der Waals surface area contributed by atoms with Crippen molar-refractivity contribution in [3.63, 3.8) is 0 Å². The van der Waals surface area contributed by atoms with Gasteiger partial charge in [-0.3, -0.25) is 0 Å². The number of benzene rings is 1. The Hall–Kier alpha value is -0.610. The zero-order valence-corrected chi connectivity index (χ0v) is 7.72. The van der Waals surface area contributed by atoms with E-state index < -0.39 is 0 Å². The molecule has 58 valence electrons. The molecule has 0 aliphatic heterocycles. The van der Waals surface area contributed by atoms with E-state index in [-0.39, 0.29) is 7.92 Å². The number of hydrogen-bond donors (Lipinski definition) is 0. The predicted octanol–water partition coefficient (Wildman–Crippen LogP) is 2.61. The largest absolute Gasteiger partial charge is 0.103 e. The molecule has 0 radical (unpaired) electrons. The van der Waals surface area contributed by atoms with E-state index in [0.29, 0.717) is 0 Å². The molecule has 0 saturated carbocycles. The smallest absolute Gasteiger partial charge is 0.0110 e. The number of hydrogen-bond acceptors (Lipinski definition) is 0. The van der Waals surface area contributed by atoms with Crippen molar-refractivity contribution >= 4 is 13.2 Å². The van der Waals surface area contributed by atoms with Crippen LogP contribution in [0.1, 0.15) is 0 Å². The molecule has 0 aliphatic rings. The van der Waals surface area contributed by atoms with Crippen LogP contribution in [-0.2, 0) is 0 Å². The minimum absolute atomic E-state index is 0.00617. The lowest BCUT2D eigenvalue weighted by Gasteiger charge is -2.08. The lowest BCUT2D eigenvalue weighted by molar-refractivity contribution is 1.72. The van der Waals surface area contributed by atoms with Gasteiger partial charge in [-0.05, 0) is 18.1 Å². The summed E-state index contributed by atoms with van der Waals surface area (Å²) in [4.78, 5) is 0. The van der Waals surface area contributed by atoms with Crippen LogP contribution in [0.4, 0.5) is 0 Å². The van der Waals surface area contributed by atoms with Gasteiger partial charge in [-0.2, -0.15) is 0 Å². The maximum absolute atomic E-state index is 3.74. The predicted molar refractivity (Wildman–Crippen MR) is 54.0 cm³/mol. The third-order valence-corrected chi connectivity index (χ3v) is 3.59. The van der Waals surface area contributed by atoms with Crippen LogP contribution >= 0.6 is 7.92 Å².